The number of hydrogen-bond acceptors (Lipinski definition) is 4. The van der Waals surface area contributed by atoms with Gasteiger partial charge in [-0.1, -0.05) is 13.8 Å². The lowest BCUT2D eigenvalue weighted by Gasteiger charge is -2.30. The Balaban J connectivity index is 1.76. The molecular formula is C22H33N3O3. The zero-order valence-corrected chi connectivity index (χ0v) is 17.1. The molecule has 1 aromatic rings. The average molecular weight is 388 g/mol. The van der Waals surface area contributed by atoms with Crippen LogP contribution >= 0.6 is 0 Å². The van der Waals surface area contributed by atoms with Crippen molar-refractivity contribution in [2.75, 3.05) is 36.5 Å². The van der Waals surface area contributed by atoms with Gasteiger partial charge in [0.2, 0.25) is 5.91 Å². The van der Waals surface area contributed by atoms with Gasteiger partial charge in [-0.05, 0) is 56.2 Å². The van der Waals surface area contributed by atoms with Crippen LogP contribution < -0.4 is 15.5 Å². The summed E-state index contributed by atoms with van der Waals surface area (Å²) in [7, 11) is 0. The third-order valence-corrected chi connectivity index (χ3v) is 5.33. The van der Waals surface area contributed by atoms with Crippen molar-refractivity contribution in [3.05, 3.63) is 23.8 Å². The molecule has 0 aliphatic carbocycles. The van der Waals surface area contributed by atoms with Crippen LogP contribution in [0.3, 0.4) is 0 Å². The number of anilines is 2. The number of amides is 2. The SMILES string of the molecule is CC(C)CC(=O)Nc1ccc(N2CCCCC2)c(C(=O)NC[C@H]2CCCO2)c1. The Morgan fingerprint density at radius 1 is 1.18 bits per heavy atom. The molecule has 2 fully saturated rings. The molecule has 1 atom stereocenters. The van der Waals surface area contributed by atoms with Crippen LogP contribution in [0.4, 0.5) is 11.4 Å². The van der Waals surface area contributed by atoms with E-state index in [9.17, 15) is 9.59 Å². The number of carbonyl (C=O) groups is 2. The summed E-state index contributed by atoms with van der Waals surface area (Å²) in [4.78, 5) is 27.4. The number of rotatable bonds is 7. The highest BCUT2D eigenvalue weighted by Gasteiger charge is 2.22. The average Bonchev–Trinajstić information content (AvgIpc) is 3.19. The lowest BCUT2D eigenvalue weighted by Crippen LogP contribution is -2.35. The summed E-state index contributed by atoms with van der Waals surface area (Å²) in [6.07, 6.45) is 6.14. The zero-order valence-electron chi connectivity index (χ0n) is 17.1. The molecule has 0 radical (unpaired) electrons. The highest BCUT2D eigenvalue weighted by molar-refractivity contribution is 6.02. The zero-order chi connectivity index (χ0) is 19.9. The van der Waals surface area contributed by atoms with Crippen LogP contribution in [-0.2, 0) is 9.53 Å². The number of nitrogens with one attached hydrogen (secondary N) is 2. The molecular weight excluding hydrogens is 354 g/mol. The highest BCUT2D eigenvalue weighted by atomic mass is 16.5. The summed E-state index contributed by atoms with van der Waals surface area (Å²) in [5.74, 6) is 0.171. The molecule has 6 heteroatoms. The summed E-state index contributed by atoms with van der Waals surface area (Å²) in [6, 6.07) is 5.68. The van der Waals surface area contributed by atoms with Crippen molar-refractivity contribution in [2.45, 2.75) is 58.5 Å². The van der Waals surface area contributed by atoms with Crippen molar-refractivity contribution < 1.29 is 14.3 Å². The van der Waals surface area contributed by atoms with Gasteiger partial charge in [-0.2, -0.15) is 0 Å². The maximum absolute atomic E-state index is 13.0. The minimum atomic E-state index is -0.101. The van der Waals surface area contributed by atoms with E-state index >= 15 is 0 Å². The number of piperidine rings is 1. The fourth-order valence-electron chi connectivity index (χ4n) is 3.90. The lowest BCUT2D eigenvalue weighted by molar-refractivity contribution is -0.116. The Labute approximate surface area is 168 Å². The number of nitrogens with zero attached hydrogens (tertiary/aromatic N) is 1. The fourth-order valence-corrected chi connectivity index (χ4v) is 3.90. The van der Waals surface area contributed by atoms with Crippen LogP contribution in [-0.4, -0.2) is 44.2 Å². The molecule has 0 saturated carbocycles. The number of hydrogen-bond donors (Lipinski definition) is 2. The summed E-state index contributed by atoms with van der Waals surface area (Å²) in [5, 5.41) is 5.96. The largest absolute Gasteiger partial charge is 0.376 e. The number of benzene rings is 1. The first kappa shape index (κ1) is 20.6. The third-order valence-electron chi connectivity index (χ3n) is 5.33. The first-order chi connectivity index (χ1) is 13.5. The minimum absolute atomic E-state index is 0.0218. The predicted molar refractivity (Wildman–Crippen MR) is 112 cm³/mol. The molecule has 0 bridgehead atoms. The summed E-state index contributed by atoms with van der Waals surface area (Å²) >= 11 is 0. The van der Waals surface area contributed by atoms with Crippen molar-refractivity contribution in [2.24, 2.45) is 5.92 Å². The molecule has 0 unspecified atom stereocenters. The maximum atomic E-state index is 13.0. The molecule has 2 saturated heterocycles. The van der Waals surface area contributed by atoms with E-state index in [0.29, 0.717) is 30.1 Å². The van der Waals surface area contributed by atoms with E-state index in [4.69, 9.17) is 4.74 Å². The molecule has 154 valence electrons. The number of carbonyl (C=O) groups excluding carboxylic acids is 2. The summed E-state index contributed by atoms with van der Waals surface area (Å²) < 4.78 is 5.62. The first-order valence-electron chi connectivity index (χ1n) is 10.6. The van der Waals surface area contributed by atoms with Gasteiger partial charge in [0.05, 0.1) is 11.7 Å². The van der Waals surface area contributed by atoms with Crippen molar-refractivity contribution in [3.8, 4) is 0 Å². The Hall–Kier alpha value is -2.08. The second kappa shape index (κ2) is 9.92. The maximum Gasteiger partial charge on any atom is 0.253 e. The second-order valence-electron chi connectivity index (χ2n) is 8.27. The molecule has 28 heavy (non-hydrogen) atoms. The van der Waals surface area contributed by atoms with Crippen LogP contribution in [0.25, 0.3) is 0 Å². The van der Waals surface area contributed by atoms with Gasteiger partial charge in [-0.15, -0.1) is 0 Å². The van der Waals surface area contributed by atoms with Gasteiger partial charge < -0.3 is 20.3 Å². The Morgan fingerprint density at radius 3 is 2.64 bits per heavy atom. The van der Waals surface area contributed by atoms with Gasteiger partial charge in [-0.25, -0.2) is 0 Å². The van der Waals surface area contributed by atoms with Crippen LogP contribution in [0.5, 0.6) is 0 Å². The molecule has 2 aliphatic heterocycles. The fraction of sp³-hybridized carbons (Fsp3) is 0.636. The first-order valence-corrected chi connectivity index (χ1v) is 10.6. The topological polar surface area (TPSA) is 70.7 Å². The van der Waals surface area contributed by atoms with Crippen LogP contribution in [0, 0.1) is 5.92 Å². The van der Waals surface area contributed by atoms with Crippen molar-refractivity contribution in [1.82, 2.24) is 5.32 Å². The van der Waals surface area contributed by atoms with E-state index in [0.717, 1.165) is 51.1 Å². The standard InChI is InChI=1S/C22H33N3O3/c1-16(2)13-21(26)24-17-8-9-20(25-10-4-3-5-11-25)19(14-17)22(27)23-15-18-7-6-12-28-18/h8-9,14,16,18H,3-7,10-13,15H2,1-2H3,(H,23,27)(H,24,26)/t18-/m1/s1. The van der Waals surface area contributed by atoms with Crippen LogP contribution in [0.1, 0.15) is 62.7 Å². The second-order valence-corrected chi connectivity index (χ2v) is 8.27. The van der Waals surface area contributed by atoms with E-state index in [1.54, 1.807) is 0 Å². The van der Waals surface area contributed by atoms with E-state index in [1.807, 2.05) is 32.0 Å². The molecule has 2 heterocycles. The van der Waals surface area contributed by atoms with Crippen molar-refractivity contribution >= 4 is 23.2 Å². The monoisotopic (exact) mass is 387 g/mol. The van der Waals surface area contributed by atoms with Gasteiger partial charge in [0.25, 0.3) is 5.91 Å². The van der Waals surface area contributed by atoms with Crippen LogP contribution in [0.2, 0.25) is 0 Å². The molecule has 6 nitrogen and oxygen atoms in total. The quantitative estimate of drug-likeness (QED) is 0.750. The molecule has 2 amide bonds. The summed E-state index contributed by atoms with van der Waals surface area (Å²) in [5.41, 5.74) is 2.25. The van der Waals surface area contributed by atoms with Crippen molar-refractivity contribution in [1.29, 1.82) is 0 Å². The van der Waals surface area contributed by atoms with Crippen LogP contribution in [0.15, 0.2) is 18.2 Å². The Kier molecular flexibility index (Phi) is 7.31. The van der Waals surface area contributed by atoms with E-state index in [2.05, 4.69) is 15.5 Å². The van der Waals surface area contributed by atoms with Gasteiger partial charge in [0, 0.05) is 44.0 Å². The smallest absolute Gasteiger partial charge is 0.253 e. The Bertz CT molecular complexity index is 678. The third kappa shape index (κ3) is 5.71. The van der Waals surface area contributed by atoms with Gasteiger partial charge in [0.15, 0.2) is 0 Å². The number of ether oxygens (including phenoxy) is 1. The highest BCUT2D eigenvalue weighted by Crippen LogP contribution is 2.27. The molecule has 0 aromatic heterocycles. The molecule has 2 N–H and O–H groups in total. The normalized spacial score (nSPS) is 19.7. The van der Waals surface area contributed by atoms with Gasteiger partial charge >= 0.3 is 0 Å². The van der Waals surface area contributed by atoms with Gasteiger partial charge in [0.1, 0.15) is 0 Å². The minimum Gasteiger partial charge on any atom is -0.376 e. The summed E-state index contributed by atoms with van der Waals surface area (Å²) in [6.45, 7) is 7.27. The Morgan fingerprint density at radius 2 is 1.96 bits per heavy atom. The van der Waals surface area contributed by atoms with E-state index in [1.165, 1.54) is 6.42 Å². The lowest BCUT2D eigenvalue weighted by atomic mass is 10.1. The molecule has 2 aliphatic rings. The predicted octanol–water partition coefficient (Wildman–Crippen LogP) is 3.57. The molecule has 3 rings (SSSR count). The van der Waals surface area contributed by atoms with Crippen molar-refractivity contribution in [3.63, 3.8) is 0 Å². The van der Waals surface area contributed by atoms with E-state index < -0.39 is 0 Å². The molecule has 0 spiro atoms. The molecule has 1 aromatic carbocycles. The van der Waals surface area contributed by atoms with Gasteiger partial charge in [-0.3, -0.25) is 9.59 Å². The van der Waals surface area contributed by atoms with E-state index in [-0.39, 0.29) is 17.9 Å².